The number of halogens is 1. The molecule has 4 aromatic rings. The first-order valence-corrected chi connectivity index (χ1v) is 17.5. The summed E-state index contributed by atoms with van der Waals surface area (Å²) in [6, 6.07) is 11.5. The molecule has 1 amide bonds. The molecular weight excluding hydrogens is 635 g/mol. The number of benzene rings is 2. The molecule has 48 heavy (non-hydrogen) atoms. The number of fused-ring (bicyclic) bond motifs is 1. The molecule has 0 spiro atoms. The van der Waals surface area contributed by atoms with E-state index in [1.807, 2.05) is 33.8 Å². The lowest BCUT2D eigenvalue weighted by atomic mass is 9.95. The second kappa shape index (κ2) is 13.4. The average molecular weight is 675 g/mol. The molecule has 13 heteroatoms. The molecule has 1 atom stereocenters. The van der Waals surface area contributed by atoms with Crippen LogP contribution >= 0.6 is 0 Å². The van der Waals surface area contributed by atoms with Crippen molar-refractivity contribution in [2.45, 2.75) is 71.4 Å². The summed E-state index contributed by atoms with van der Waals surface area (Å²) in [6.07, 6.45) is 6.93. The summed E-state index contributed by atoms with van der Waals surface area (Å²) < 4.78 is 55.3. The van der Waals surface area contributed by atoms with Gasteiger partial charge >= 0.3 is 6.09 Å². The van der Waals surface area contributed by atoms with Crippen LogP contribution in [0.3, 0.4) is 0 Å². The van der Waals surface area contributed by atoms with Gasteiger partial charge in [-0.3, -0.25) is 4.72 Å². The molecule has 11 nitrogen and oxygen atoms in total. The number of hydrogen-bond acceptors (Lipinski definition) is 9. The molecule has 2 aromatic carbocycles. The summed E-state index contributed by atoms with van der Waals surface area (Å²) in [4.78, 5) is 28.0. The van der Waals surface area contributed by atoms with Crippen LogP contribution in [0.5, 0.6) is 11.6 Å². The molecule has 0 bridgehead atoms. The molecule has 252 valence electrons. The number of hydrogen-bond donors (Lipinski definition) is 2. The highest BCUT2D eigenvalue weighted by Crippen LogP contribution is 2.40. The zero-order valence-corrected chi connectivity index (χ0v) is 28.2. The normalized spacial score (nSPS) is 16.6. The SMILES string of the molecule is Cc1ccc2c(NS(=O)(=O)C=C3CCC3)c(F)ccc2c1Oc1ncccc1-c1ccnc(N[C@H]2CCCN(C(=O)OC(C)(C)C)C2)n1. The number of aromatic nitrogens is 3. The van der Waals surface area contributed by atoms with Gasteiger partial charge < -0.3 is 19.7 Å². The molecule has 2 fully saturated rings. The Morgan fingerprint density at radius 2 is 1.83 bits per heavy atom. The third kappa shape index (κ3) is 7.67. The maximum Gasteiger partial charge on any atom is 0.410 e. The van der Waals surface area contributed by atoms with E-state index < -0.39 is 21.4 Å². The van der Waals surface area contributed by atoms with Crippen LogP contribution in [0.25, 0.3) is 22.0 Å². The van der Waals surface area contributed by atoms with Gasteiger partial charge in [0.05, 0.1) is 22.4 Å². The summed E-state index contributed by atoms with van der Waals surface area (Å²) >= 11 is 0. The monoisotopic (exact) mass is 674 g/mol. The highest BCUT2D eigenvalue weighted by molar-refractivity contribution is 7.95. The highest BCUT2D eigenvalue weighted by atomic mass is 32.2. The first-order valence-electron chi connectivity index (χ1n) is 16.0. The van der Waals surface area contributed by atoms with Gasteiger partial charge in [0.1, 0.15) is 17.2 Å². The van der Waals surface area contributed by atoms with E-state index in [1.54, 1.807) is 47.6 Å². The number of aryl methyl sites for hydroxylation is 1. The van der Waals surface area contributed by atoms with Crippen LogP contribution in [0.15, 0.2) is 65.8 Å². The molecule has 2 aromatic heterocycles. The van der Waals surface area contributed by atoms with E-state index in [4.69, 9.17) is 14.5 Å². The van der Waals surface area contributed by atoms with E-state index in [1.165, 1.54) is 11.5 Å². The molecule has 0 radical (unpaired) electrons. The molecule has 6 rings (SSSR count). The van der Waals surface area contributed by atoms with E-state index in [2.05, 4.69) is 20.0 Å². The van der Waals surface area contributed by atoms with Crippen molar-refractivity contribution in [3.05, 3.63) is 77.2 Å². The van der Waals surface area contributed by atoms with E-state index >= 15 is 4.39 Å². The molecule has 2 N–H and O–H groups in total. The Morgan fingerprint density at radius 3 is 2.58 bits per heavy atom. The number of likely N-dealkylation sites (tertiary alicyclic amines) is 1. The van der Waals surface area contributed by atoms with E-state index in [0.29, 0.717) is 46.8 Å². The second-order valence-corrected chi connectivity index (χ2v) is 14.7. The fourth-order valence-electron chi connectivity index (χ4n) is 5.70. The number of piperidine rings is 1. The minimum absolute atomic E-state index is 0.0681. The fraction of sp³-hybridized carbons (Fsp3) is 0.371. The lowest BCUT2D eigenvalue weighted by Gasteiger charge is -2.34. The van der Waals surface area contributed by atoms with Gasteiger partial charge in [0.25, 0.3) is 10.0 Å². The Kier molecular flexibility index (Phi) is 9.24. The van der Waals surface area contributed by atoms with Gasteiger partial charge in [-0.15, -0.1) is 0 Å². The minimum atomic E-state index is -3.91. The lowest BCUT2D eigenvalue weighted by molar-refractivity contribution is 0.0206. The largest absolute Gasteiger partial charge is 0.444 e. The molecular formula is C35H39FN6O5S. The van der Waals surface area contributed by atoms with Crippen LogP contribution in [0, 0.1) is 12.7 Å². The van der Waals surface area contributed by atoms with Crippen molar-refractivity contribution < 1.29 is 27.1 Å². The van der Waals surface area contributed by atoms with Gasteiger partial charge in [0.15, 0.2) is 0 Å². The predicted molar refractivity (Wildman–Crippen MR) is 183 cm³/mol. The van der Waals surface area contributed by atoms with E-state index in [0.717, 1.165) is 43.2 Å². The van der Waals surface area contributed by atoms with Crippen molar-refractivity contribution >= 4 is 38.5 Å². The molecule has 1 aliphatic carbocycles. The zero-order chi connectivity index (χ0) is 34.1. The molecule has 2 aliphatic rings. The van der Waals surface area contributed by atoms with Crippen LogP contribution in [-0.2, 0) is 14.8 Å². The van der Waals surface area contributed by atoms with E-state index in [9.17, 15) is 13.2 Å². The third-order valence-electron chi connectivity index (χ3n) is 8.17. The number of anilines is 2. The first-order chi connectivity index (χ1) is 22.8. The van der Waals surface area contributed by atoms with Crippen LogP contribution in [0.4, 0.5) is 20.8 Å². The number of amides is 1. The summed E-state index contributed by atoms with van der Waals surface area (Å²) in [7, 11) is -3.91. The Morgan fingerprint density at radius 1 is 1.04 bits per heavy atom. The summed E-state index contributed by atoms with van der Waals surface area (Å²) in [5.74, 6) is 0.360. The van der Waals surface area contributed by atoms with Gasteiger partial charge in [-0.1, -0.05) is 17.7 Å². The highest BCUT2D eigenvalue weighted by Gasteiger charge is 2.28. The number of pyridine rings is 1. The van der Waals surface area contributed by atoms with Crippen molar-refractivity contribution in [3.63, 3.8) is 0 Å². The number of allylic oxidation sites excluding steroid dienone is 1. The Hall–Kier alpha value is -4.78. The van der Waals surface area contributed by atoms with Gasteiger partial charge in [0.2, 0.25) is 11.8 Å². The third-order valence-corrected chi connectivity index (χ3v) is 9.30. The predicted octanol–water partition coefficient (Wildman–Crippen LogP) is 7.55. The number of carbonyl (C=O) groups is 1. The van der Waals surface area contributed by atoms with Crippen molar-refractivity contribution in [1.29, 1.82) is 0 Å². The number of rotatable bonds is 8. The van der Waals surface area contributed by atoms with E-state index in [-0.39, 0.29) is 23.7 Å². The first kappa shape index (κ1) is 33.1. The number of nitrogens with zero attached hydrogens (tertiary/aromatic N) is 4. The number of nitrogens with one attached hydrogen (secondary N) is 2. The minimum Gasteiger partial charge on any atom is -0.444 e. The quantitative estimate of drug-likeness (QED) is 0.194. The average Bonchev–Trinajstić information content (AvgIpc) is 3.01. The topological polar surface area (TPSA) is 136 Å². The summed E-state index contributed by atoms with van der Waals surface area (Å²) in [5, 5.41) is 5.42. The molecule has 0 unspecified atom stereocenters. The fourth-order valence-corrected chi connectivity index (χ4v) is 6.93. The maximum absolute atomic E-state index is 15.1. The number of carbonyl (C=O) groups excluding carboxylic acids is 1. The van der Waals surface area contributed by atoms with Gasteiger partial charge in [-0.05, 0) is 95.7 Å². The van der Waals surface area contributed by atoms with Crippen LogP contribution in [0.2, 0.25) is 0 Å². The molecule has 1 saturated heterocycles. The van der Waals surface area contributed by atoms with Gasteiger partial charge in [-0.25, -0.2) is 32.6 Å². The standard InChI is InChI=1S/C35H39FN6O5S/c1-22-12-13-25-26(14-15-28(36)30(25)41-48(44,45)21-23-8-5-9-23)31(22)46-32-27(11-6-17-37-32)29-16-18-38-33(40-29)39-24-10-7-19-42(20-24)34(43)47-35(2,3)4/h6,11-18,21,24,41H,5,7-10,19-20H2,1-4H3,(H,38,39,40)/t24-/m0/s1. The number of ether oxygens (including phenoxy) is 2. The van der Waals surface area contributed by atoms with Crippen LogP contribution < -0.4 is 14.8 Å². The van der Waals surface area contributed by atoms with Crippen molar-refractivity contribution in [3.8, 4) is 22.9 Å². The summed E-state index contributed by atoms with van der Waals surface area (Å²) in [5.41, 5.74) is 1.98. The Labute approximate surface area is 279 Å². The van der Waals surface area contributed by atoms with Crippen molar-refractivity contribution in [2.24, 2.45) is 0 Å². The Balaban J connectivity index is 1.26. The van der Waals surface area contributed by atoms with Gasteiger partial charge in [0, 0.05) is 42.3 Å². The van der Waals surface area contributed by atoms with Gasteiger partial charge in [-0.2, -0.15) is 0 Å². The summed E-state index contributed by atoms with van der Waals surface area (Å²) in [6.45, 7) is 8.47. The van der Waals surface area contributed by atoms with Crippen LogP contribution in [-0.4, -0.2) is 59.1 Å². The van der Waals surface area contributed by atoms with Crippen molar-refractivity contribution in [2.75, 3.05) is 23.1 Å². The Bertz CT molecular complexity index is 1990. The molecule has 1 saturated carbocycles. The van der Waals surface area contributed by atoms with Crippen molar-refractivity contribution in [1.82, 2.24) is 19.9 Å². The second-order valence-electron chi connectivity index (χ2n) is 13.1. The molecule has 1 aliphatic heterocycles. The van der Waals surface area contributed by atoms with Crippen LogP contribution in [0.1, 0.15) is 58.4 Å². The zero-order valence-electron chi connectivity index (χ0n) is 27.4. The number of sulfonamides is 1. The molecule has 3 heterocycles. The maximum atomic E-state index is 15.1. The lowest BCUT2D eigenvalue weighted by Crippen LogP contribution is -2.47. The smallest absolute Gasteiger partial charge is 0.410 e.